The van der Waals surface area contributed by atoms with Gasteiger partial charge in [0.25, 0.3) is 5.24 Å². The van der Waals surface area contributed by atoms with Crippen molar-refractivity contribution in [1.29, 1.82) is 0 Å². The molecule has 0 unspecified atom stereocenters. The third-order valence-corrected chi connectivity index (χ3v) is 2.05. The molecule has 0 aromatic carbocycles. The molecular formula is C9H10ClNO2. The molecule has 0 aliphatic heterocycles. The molecule has 0 atom stereocenters. The number of rotatable bonds is 3. The predicted molar refractivity (Wildman–Crippen MR) is 50.0 cm³/mol. The Morgan fingerprint density at radius 3 is 2.46 bits per heavy atom. The van der Waals surface area contributed by atoms with E-state index in [-0.39, 0.29) is 5.78 Å². The van der Waals surface area contributed by atoms with Crippen molar-refractivity contribution in [3.8, 4) is 0 Å². The lowest BCUT2D eigenvalue weighted by Gasteiger charge is -2.02. The Bertz CT molecular complexity index is 354. The second kappa shape index (κ2) is 3.75. The monoisotopic (exact) mass is 199 g/mol. The van der Waals surface area contributed by atoms with Crippen LogP contribution in [0.3, 0.4) is 0 Å². The maximum atomic E-state index is 10.8. The lowest BCUT2D eigenvalue weighted by molar-refractivity contribution is -0.116. The number of carbonyl (C=O) groups excluding carboxylic acids is 2. The van der Waals surface area contributed by atoms with Crippen LogP contribution < -0.4 is 0 Å². The van der Waals surface area contributed by atoms with Crippen LogP contribution in [0.25, 0.3) is 0 Å². The first-order valence-corrected chi connectivity index (χ1v) is 4.24. The summed E-state index contributed by atoms with van der Waals surface area (Å²) < 4.78 is 1.64. The zero-order valence-corrected chi connectivity index (χ0v) is 8.26. The average Bonchev–Trinajstić information content (AvgIpc) is 2.32. The molecule has 0 saturated heterocycles. The smallest absolute Gasteiger partial charge is 0.268 e. The summed E-state index contributed by atoms with van der Waals surface area (Å²) in [6.07, 6.45) is 0.334. The molecule has 1 rings (SSSR count). The van der Waals surface area contributed by atoms with Crippen molar-refractivity contribution >= 4 is 22.6 Å². The Morgan fingerprint density at radius 2 is 2.08 bits per heavy atom. The minimum atomic E-state index is -0.502. The Balaban J connectivity index is 2.99. The van der Waals surface area contributed by atoms with Crippen LogP contribution in [0.4, 0.5) is 0 Å². The van der Waals surface area contributed by atoms with E-state index in [4.69, 9.17) is 11.6 Å². The molecule has 0 fully saturated rings. The van der Waals surface area contributed by atoms with E-state index >= 15 is 0 Å². The van der Waals surface area contributed by atoms with E-state index in [1.807, 2.05) is 0 Å². The van der Waals surface area contributed by atoms with Crippen molar-refractivity contribution in [3.05, 3.63) is 23.5 Å². The summed E-state index contributed by atoms with van der Waals surface area (Å²) in [6.45, 7) is 1.51. The number of hydrogen-bond acceptors (Lipinski definition) is 2. The molecule has 3 nitrogen and oxygen atoms in total. The molecule has 13 heavy (non-hydrogen) atoms. The van der Waals surface area contributed by atoms with E-state index in [0.717, 1.165) is 5.69 Å². The molecule has 0 bridgehead atoms. The molecule has 0 aliphatic carbocycles. The van der Waals surface area contributed by atoms with Gasteiger partial charge in [-0.05, 0) is 30.7 Å². The van der Waals surface area contributed by atoms with Gasteiger partial charge in [0.2, 0.25) is 0 Å². The quantitative estimate of drug-likeness (QED) is 0.693. The van der Waals surface area contributed by atoms with Crippen LogP contribution in [-0.4, -0.2) is 15.6 Å². The van der Waals surface area contributed by atoms with Gasteiger partial charge in [-0.25, -0.2) is 0 Å². The van der Waals surface area contributed by atoms with Crippen LogP contribution in [0, 0.1) is 0 Å². The lowest BCUT2D eigenvalue weighted by atomic mass is 10.2. The molecule has 0 N–H and O–H groups in total. The Kier molecular flexibility index (Phi) is 2.88. The highest BCUT2D eigenvalue weighted by Crippen LogP contribution is 2.10. The van der Waals surface area contributed by atoms with E-state index in [0.29, 0.717) is 12.1 Å². The molecule has 0 amide bonds. The van der Waals surface area contributed by atoms with Gasteiger partial charge in [0.1, 0.15) is 11.5 Å². The van der Waals surface area contributed by atoms with E-state index < -0.39 is 5.24 Å². The van der Waals surface area contributed by atoms with Crippen molar-refractivity contribution in [3.63, 3.8) is 0 Å². The zero-order valence-electron chi connectivity index (χ0n) is 7.50. The van der Waals surface area contributed by atoms with E-state index in [2.05, 4.69) is 0 Å². The molecule has 70 valence electrons. The SMILES string of the molecule is CC(=O)Cc1ccc(C(=O)Cl)n1C. The van der Waals surface area contributed by atoms with Gasteiger partial charge in [0.05, 0.1) is 0 Å². The van der Waals surface area contributed by atoms with Crippen molar-refractivity contribution in [2.24, 2.45) is 7.05 Å². The van der Waals surface area contributed by atoms with Crippen molar-refractivity contribution in [2.45, 2.75) is 13.3 Å². The second-order valence-corrected chi connectivity index (χ2v) is 3.26. The highest BCUT2D eigenvalue weighted by atomic mass is 35.5. The molecule has 0 aliphatic rings. The highest BCUT2D eigenvalue weighted by molar-refractivity contribution is 6.67. The van der Waals surface area contributed by atoms with Crippen LogP contribution in [0.5, 0.6) is 0 Å². The summed E-state index contributed by atoms with van der Waals surface area (Å²) in [5, 5.41) is -0.502. The number of hydrogen-bond donors (Lipinski definition) is 0. The summed E-state index contributed by atoms with van der Waals surface area (Å²) in [5.74, 6) is 0.0646. The van der Waals surface area contributed by atoms with Gasteiger partial charge in [0, 0.05) is 19.2 Å². The van der Waals surface area contributed by atoms with Gasteiger partial charge >= 0.3 is 0 Å². The van der Waals surface area contributed by atoms with Crippen molar-refractivity contribution < 1.29 is 9.59 Å². The zero-order chi connectivity index (χ0) is 10.0. The van der Waals surface area contributed by atoms with E-state index in [1.165, 1.54) is 6.92 Å². The van der Waals surface area contributed by atoms with E-state index in [1.54, 1.807) is 23.7 Å². The molecule has 1 aromatic rings. The largest absolute Gasteiger partial charge is 0.344 e. The molecule has 0 spiro atoms. The fraction of sp³-hybridized carbons (Fsp3) is 0.333. The summed E-state index contributed by atoms with van der Waals surface area (Å²) in [6, 6.07) is 3.35. The third kappa shape index (κ3) is 2.18. The summed E-state index contributed by atoms with van der Waals surface area (Å²) >= 11 is 5.31. The maximum Gasteiger partial charge on any atom is 0.268 e. The molecular weight excluding hydrogens is 190 g/mol. The number of aromatic nitrogens is 1. The van der Waals surface area contributed by atoms with Gasteiger partial charge < -0.3 is 4.57 Å². The van der Waals surface area contributed by atoms with Gasteiger partial charge in [-0.15, -0.1) is 0 Å². The van der Waals surface area contributed by atoms with Gasteiger partial charge in [-0.1, -0.05) is 0 Å². The molecule has 1 heterocycles. The van der Waals surface area contributed by atoms with Crippen LogP contribution in [0.1, 0.15) is 23.1 Å². The molecule has 1 aromatic heterocycles. The van der Waals surface area contributed by atoms with E-state index in [9.17, 15) is 9.59 Å². The van der Waals surface area contributed by atoms with Gasteiger partial charge in [-0.2, -0.15) is 0 Å². The normalized spacial score (nSPS) is 10.1. The fourth-order valence-corrected chi connectivity index (χ4v) is 1.37. The number of halogens is 1. The average molecular weight is 200 g/mol. The fourth-order valence-electron chi connectivity index (χ4n) is 1.18. The summed E-state index contributed by atoms with van der Waals surface area (Å²) in [5.41, 5.74) is 1.22. The number of nitrogens with zero attached hydrogens (tertiary/aromatic N) is 1. The van der Waals surface area contributed by atoms with Gasteiger partial charge in [-0.3, -0.25) is 9.59 Å². The molecule has 0 saturated carbocycles. The highest BCUT2D eigenvalue weighted by Gasteiger charge is 2.10. The molecule has 0 radical (unpaired) electrons. The maximum absolute atomic E-state index is 10.8. The van der Waals surface area contributed by atoms with Crippen LogP contribution in [0.15, 0.2) is 12.1 Å². The lowest BCUT2D eigenvalue weighted by Crippen LogP contribution is -2.06. The first-order valence-electron chi connectivity index (χ1n) is 3.86. The first-order chi connectivity index (χ1) is 6.02. The van der Waals surface area contributed by atoms with Crippen LogP contribution in [0.2, 0.25) is 0 Å². The molecule has 4 heteroatoms. The second-order valence-electron chi connectivity index (χ2n) is 2.92. The Labute approximate surface area is 81.3 Å². The third-order valence-electron chi connectivity index (χ3n) is 1.86. The number of ketones is 1. The Morgan fingerprint density at radius 1 is 1.46 bits per heavy atom. The minimum absolute atomic E-state index is 0.0646. The number of carbonyl (C=O) groups is 2. The minimum Gasteiger partial charge on any atom is -0.344 e. The topological polar surface area (TPSA) is 39.1 Å². The van der Waals surface area contributed by atoms with Gasteiger partial charge in [0.15, 0.2) is 0 Å². The summed E-state index contributed by atoms with van der Waals surface area (Å²) in [4.78, 5) is 21.6. The van der Waals surface area contributed by atoms with Crippen molar-refractivity contribution in [1.82, 2.24) is 4.57 Å². The standard InChI is InChI=1S/C9H10ClNO2/c1-6(12)5-7-3-4-8(9(10)13)11(7)2/h3-4H,5H2,1-2H3. The number of Topliss-reactive ketones (excluding diaryl/α,β-unsaturated/α-hetero) is 1. The Hall–Kier alpha value is -1.09. The van der Waals surface area contributed by atoms with Crippen molar-refractivity contribution in [2.75, 3.05) is 0 Å². The van der Waals surface area contributed by atoms with Crippen LogP contribution in [-0.2, 0) is 18.3 Å². The van der Waals surface area contributed by atoms with Crippen LogP contribution >= 0.6 is 11.6 Å². The summed E-state index contributed by atoms with van der Waals surface area (Å²) in [7, 11) is 1.72. The predicted octanol–water partition coefficient (Wildman–Crippen LogP) is 1.54. The first kappa shape index (κ1) is 9.99.